The molecule has 0 aromatic carbocycles. The molecule has 1 aliphatic heterocycles. The van der Waals surface area contributed by atoms with Crippen molar-refractivity contribution in [1.82, 2.24) is 4.98 Å². The summed E-state index contributed by atoms with van der Waals surface area (Å²) in [7, 11) is 0. The van der Waals surface area contributed by atoms with E-state index in [4.69, 9.17) is 15.2 Å². The van der Waals surface area contributed by atoms with Crippen molar-refractivity contribution in [2.24, 2.45) is 0 Å². The van der Waals surface area contributed by atoms with E-state index in [0.29, 0.717) is 25.6 Å². The molecule has 5 nitrogen and oxygen atoms in total. The zero-order chi connectivity index (χ0) is 10.5. The van der Waals surface area contributed by atoms with Crippen LogP contribution in [-0.4, -0.2) is 37.5 Å². The SMILES string of the molecule is Nc1cc(NCC2COCCO2)ccn1. The molecule has 0 saturated carbocycles. The molecule has 5 heteroatoms. The zero-order valence-electron chi connectivity index (χ0n) is 8.48. The number of rotatable bonds is 3. The van der Waals surface area contributed by atoms with Crippen molar-refractivity contribution in [3.8, 4) is 0 Å². The predicted molar refractivity (Wildman–Crippen MR) is 57.7 cm³/mol. The van der Waals surface area contributed by atoms with Crippen molar-refractivity contribution in [2.75, 3.05) is 37.4 Å². The van der Waals surface area contributed by atoms with Gasteiger partial charge in [0.1, 0.15) is 5.82 Å². The summed E-state index contributed by atoms with van der Waals surface area (Å²) in [5.74, 6) is 0.515. The van der Waals surface area contributed by atoms with Gasteiger partial charge in [0.05, 0.1) is 25.9 Å². The van der Waals surface area contributed by atoms with Gasteiger partial charge in [0.15, 0.2) is 0 Å². The van der Waals surface area contributed by atoms with Crippen LogP contribution in [0.1, 0.15) is 0 Å². The number of nitrogens with one attached hydrogen (secondary N) is 1. The van der Waals surface area contributed by atoms with Gasteiger partial charge in [0.2, 0.25) is 0 Å². The molecule has 1 aliphatic rings. The monoisotopic (exact) mass is 209 g/mol. The highest BCUT2D eigenvalue weighted by Gasteiger charge is 2.13. The van der Waals surface area contributed by atoms with E-state index in [1.165, 1.54) is 0 Å². The maximum absolute atomic E-state index is 5.56. The quantitative estimate of drug-likeness (QED) is 0.758. The molecule has 1 aromatic rings. The highest BCUT2D eigenvalue weighted by Crippen LogP contribution is 2.10. The van der Waals surface area contributed by atoms with Crippen LogP contribution in [0.4, 0.5) is 11.5 Å². The van der Waals surface area contributed by atoms with E-state index in [9.17, 15) is 0 Å². The Bertz CT molecular complexity index is 313. The summed E-state index contributed by atoms with van der Waals surface area (Å²) in [5, 5.41) is 3.23. The second-order valence-electron chi connectivity index (χ2n) is 3.42. The van der Waals surface area contributed by atoms with Crippen LogP contribution < -0.4 is 11.1 Å². The van der Waals surface area contributed by atoms with Gasteiger partial charge in [-0.15, -0.1) is 0 Å². The third-order valence-corrected chi connectivity index (χ3v) is 2.20. The summed E-state index contributed by atoms with van der Waals surface area (Å²) in [5.41, 5.74) is 6.52. The second-order valence-corrected chi connectivity index (χ2v) is 3.42. The Kier molecular flexibility index (Phi) is 3.37. The summed E-state index contributed by atoms with van der Waals surface area (Å²) in [4.78, 5) is 3.92. The van der Waals surface area contributed by atoms with Crippen LogP contribution in [0.3, 0.4) is 0 Å². The lowest BCUT2D eigenvalue weighted by molar-refractivity contribution is -0.0818. The summed E-state index contributed by atoms with van der Waals surface area (Å²) in [6, 6.07) is 3.67. The molecule has 15 heavy (non-hydrogen) atoms. The largest absolute Gasteiger partial charge is 0.384 e. The standard InChI is InChI=1S/C10H15N3O2/c11-10-5-8(1-2-12-10)13-6-9-7-14-3-4-15-9/h1-2,5,9H,3-4,6-7H2,(H3,11,12,13). The molecule has 1 aromatic heterocycles. The Morgan fingerprint density at radius 2 is 2.47 bits per heavy atom. The molecule has 1 saturated heterocycles. The number of ether oxygens (including phenoxy) is 2. The molecular weight excluding hydrogens is 194 g/mol. The van der Waals surface area contributed by atoms with Gasteiger partial charge >= 0.3 is 0 Å². The van der Waals surface area contributed by atoms with E-state index in [2.05, 4.69) is 10.3 Å². The summed E-state index contributed by atoms with van der Waals surface area (Å²) < 4.78 is 10.8. The highest BCUT2D eigenvalue weighted by atomic mass is 16.6. The highest BCUT2D eigenvalue weighted by molar-refractivity contribution is 5.49. The maximum atomic E-state index is 5.56. The number of hydrogen-bond donors (Lipinski definition) is 2. The fourth-order valence-electron chi connectivity index (χ4n) is 1.44. The van der Waals surface area contributed by atoms with Gasteiger partial charge < -0.3 is 20.5 Å². The van der Waals surface area contributed by atoms with Gasteiger partial charge in [-0.2, -0.15) is 0 Å². The number of nitrogens with zero attached hydrogens (tertiary/aromatic N) is 1. The first-order chi connectivity index (χ1) is 7.34. The van der Waals surface area contributed by atoms with Crippen molar-refractivity contribution in [2.45, 2.75) is 6.10 Å². The topological polar surface area (TPSA) is 69.4 Å². The minimum atomic E-state index is 0.119. The molecule has 0 amide bonds. The third-order valence-electron chi connectivity index (χ3n) is 2.20. The number of nitrogen functional groups attached to an aromatic ring is 1. The van der Waals surface area contributed by atoms with Crippen molar-refractivity contribution in [3.63, 3.8) is 0 Å². The van der Waals surface area contributed by atoms with Crippen LogP contribution in [0.15, 0.2) is 18.3 Å². The number of aromatic nitrogens is 1. The van der Waals surface area contributed by atoms with Gasteiger partial charge in [-0.3, -0.25) is 0 Å². The number of pyridine rings is 1. The average molecular weight is 209 g/mol. The van der Waals surface area contributed by atoms with Crippen molar-refractivity contribution < 1.29 is 9.47 Å². The molecule has 3 N–H and O–H groups in total. The molecule has 0 aliphatic carbocycles. The van der Waals surface area contributed by atoms with Crippen LogP contribution in [0.5, 0.6) is 0 Å². The third kappa shape index (κ3) is 3.07. The smallest absolute Gasteiger partial charge is 0.125 e. The summed E-state index contributed by atoms with van der Waals surface area (Å²) in [6.07, 6.45) is 1.80. The van der Waals surface area contributed by atoms with Gasteiger partial charge in [-0.05, 0) is 6.07 Å². The van der Waals surface area contributed by atoms with Crippen LogP contribution in [0, 0.1) is 0 Å². The second kappa shape index (κ2) is 4.95. The van der Waals surface area contributed by atoms with E-state index in [1.807, 2.05) is 6.07 Å². The number of nitrogens with two attached hydrogens (primary N) is 1. The molecule has 2 heterocycles. The lowest BCUT2D eigenvalue weighted by atomic mass is 10.3. The van der Waals surface area contributed by atoms with E-state index in [-0.39, 0.29) is 6.10 Å². The van der Waals surface area contributed by atoms with Gasteiger partial charge in [-0.25, -0.2) is 4.98 Å². The zero-order valence-corrected chi connectivity index (χ0v) is 8.48. The molecule has 0 spiro atoms. The van der Waals surface area contributed by atoms with Crippen LogP contribution in [0.2, 0.25) is 0 Å². The molecular formula is C10H15N3O2. The Labute approximate surface area is 88.6 Å². The normalized spacial score (nSPS) is 21.2. The van der Waals surface area contributed by atoms with Crippen LogP contribution in [0.25, 0.3) is 0 Å². The molecule has 0 radical (unpaired) electrons. The Balaban J connectivity index is 1.81. The van der Waals surface area contributed by atoms with Gasteiger partial charge in [0.25, 0.3) is 0 Å². The number of anilines is 2. The lowest BCUT2D eigenvalue weighted by Crippen LogP contribution is -2.34. The minimum Gasteiger partial charge on any atom is -0.384 e. The maximum Gasteiger partial charge on any atom is 0.125 e. The number of hydrogen-bond acceptors (Lipinski definition) is 5. The van der Waals surface area contributed by atoms with Gasteiger partial charge in [0, 0.05) is 24.5 Å². The fraction of sp³-hybridized carbons (Fsp3) is 0.500. The Morgan fingerprint density at radius 3 is 3.20 bits per heavy atom. The molecule has 2 rings (SSSR count). The average Bonchev–Trinajstić information content (AvgIpc) is 2.28. The Hall–Kier alpha value is -1.33. The first-order valence-corrected chi connectivity index (χ1v) is 4.99. The summed E-state index contributed by atoms with van der Waals surface area (Å²) in [6.45, 7) is 2.74. The predicted octanol–water partition coefficient (Wildman–Crippen LogP) is 0.491. The first kappa shape index (κ1) is 10.2. The minimum absolute atomic E-state index is 0.119. The Morgan fingerprint density at radius 1 is 1.53 bits per heavy atom. The first-order valence-electron chi connectivity index (χ1n) is 4.99. The van der Waals surface area contributed by atoms with Gasteiger partial charge in [-0.1, -0.05) is 0 Å². The summed E-state index contributed by atoms with van der Waals surface area (Å²) >= 11 is 0. The van der Waals surface area contributed by atoms with Crippen LogP contribution in [-0.2, 0) is 9.47 Å². The lowest BCUT2D eigenvalue weighted by Gasteiger charge is -2.23. The molecule has 0 bridgehead atoms. The fourth-order valence-corrected chi connectivity index (χ4v) is 1.44. The van der Waals surface area contributed by atoms with Crippen LogP contribution >= 0.6 is 0 Å². The molecule has 1 fully saturated rings. The van der Waals surface area contributed by atoms with Crippen molar-refractivity contribution in [1.29, 1.82) is 0 Å². The molecule has 82 valence electrons. The molecule has 1 atom stereocenters. The van der Waals surface area contributed by atoms with Crippen molar-refractivity contribution in [3.05, 3.63) is 18.3 Å². The van der Waals surface area contributed by atoms with E-state index in [1.54, 1.807) is 12.3 Å². The van der Waals surface area contributed by atoms with E-state index < -0.39 is 0 Å². The van der Waals surface area contributed by atoms with Crippen molar-refractivity contribution >= 4 is 11.5 Å². The van der Waals surface area contributed by atoms with E-state index >= 15 is 0 Å². The molecule has 1 unspecified atom stereocenters. The van der Waals surface area contributed by atoms with E-state index in [0.717, 1.165) is 12.2 Å².